The summed E-state index contributed by atoms with van der Waals surface area (Å²) in [5, 5.41) is 19.3. The van der Waals surface area contributed by atoms with Gasteiger partial charge in [0.05, 0.1) is 8.49 Å². The molecule has 1 aromatic rings. The lowest BCUT2D eigenvalue weighted by molar-refractivity contribution is -0.386. The lowest BCUT2D eigenvalue weighted by atomic mass is 10.3. The monoisotopic (exact) mass is 264 g/mol. The molecule has 0 spiro atoms. The van der Waals surface area contributed by atoms with Crippen molar-refractivity contribution < 1.29 is 10.0 Å². The Morgan fingerprint density at radius 1 is 1.64 bits per heavy atom. The van der Waals surface area contributed by atoms with Crippen LogP contribution in [0, 0.1) is 19.8 Å². The van der Waals surface area contributed by atoms with Crippen LogP contribution in [0.15, 0.2) is 12.1 Å². The van der Waals surface area contributed by atoms with Crippen molar-refractivity contribution in [1.82, 2.24) is 0 Å². The van der Waals surface area contributed by atoms with Crippen LogP contribution in [0.2, 0.25) is 0 Å². The maximum absolute atomic E-state index is 10.2. The van der Waals surface area contributed by atoms with Crippen LogP contribution in [0.4, 0.5) is 5.69 Å². The van der Waals surface area contributed by atoms with Gasteiger partial charge < -0.3 is 5.11 Å². The predicted octanol–water partition coefficient (Wildman–Crippen LogP) is 1.71. The Balaban J connectivity index is 3.27. The fourth-order valence-corrected chi connectivity index (χ4v) is 1.05. The Hall–Kier alpha value is -0.850. The maximum Gasteiger partial charge on any atom is 0.312 e. The highest BCUT2D eigenvalue weighted by molar-refractivity contribution is 14.1. The Kier molecular flexibility index (Phi) is 2.28. The van der Waals surface area contributed by atoms with E-state index in [1.807, 2.05) is 0 Å². The van der Waals surface area contributed by atoms with Crippen LogP contribution in [0.25, 0.3) is 0 Å². The number of benzene rings is 1. The van der Waals surface area contributed by atoms with Crippen LogP contribution >= 0.6 is 22.6 Å². The number of nitro groups is 1. The van der Waals surface area contributed by atoms with Crippen LogP contribution in [0.3, 0.4) is 0 Å². The molecule has 1 N–H and O–H groups in total. The normalized spacial score (nSPS) is 9.55. The second-order valence-electron chi connectivity index (χ2n) is 1.79. The highest BCUT2D eigenvalue weighted by Crippen LogP contribution is 2.29. The van der Waals surface area contributed by atoms with Crippen molar-refractivity contribution in [1.29, 1.82) is 0 Å². The van der Waals surface area contributed by atoms with Crippen molar-refractivity contribution in [2.75, 3.05) is 0 Å². The molecule has 0 aliphatic rings. The summed E-state index contributed by atoms with van der Waals surface area (Å²) in [6.45, 7) is 0. The van der Waals surface area contributed by atoms with Crippen LogP contribution in [-0.2, 0) is 0 Å². The van der Waals surface area contributed by atoms with E-state index in [9.17, 15) is 10.1 Å². The zero-order valence-electron chi connectivity index (χ0n) is 5.24. The molecule has 11 heavy (non-hydrogen) atoms. The molecule has 0 bridgehead atoms. The number of nitro benzene ring substituents is 1. The van der Waals surface area contributed by atoms with Crippen molar-refractivity contribution in [3.05, 3.63) is 31.9 Å². The number of phenolic OH excluding ortho intramolecular Hbond substituents is 1. The summed E-state index contributed by atoms with van der Waals surface area (Å²) < 4.78 is 0.428. The number of hydrogen-bond donors (Lipinski definition) is 1. The van der Waals surface area contributed by atoms with Crippen molar-refractivity contribution in [2.45, 2.75) is 0 Å². The van der Waals surface area contributed by atoms with E-state index in [1.54, 1.807) is 22.6 Å². The number of hydrogen-bond acceptors (Lipinski definition) is 3. The first-order chi connectivity index (χ1) is 5.13. The summed E-state index contributed by atoms with van der Waals surface area (Å²) in [6, 6.07) is 5.15. The first-order valence-corrected chi connectivity index (χ1v) is 3.73. The van der Waals surface area contributed by atoms with E-state index in [4.69, 9.17) is 5.11 Å². The molecule has 0 atom stereocenters. The zero-order valence-corrected chi connectivity index (χ0v) is 7.40. The molecule has 1 aromatic carbocycles. The molecule has 4 nitrogen and oxygen atoms in total. The second-order valence-corrected chi connectivity index (χ2v) is 2.96. The highest BCUT2D eigenvalue weighted by Gasteiger charge is 2.14. The highest BCUT2D eigenvalue weighted by atomic mass is 127. The summed E-state index contributed by atoms with van der Waals surface area (Å²) >= 11 is 1.80. The van der Waals surface area contributed by atoms with E-state index in [1.165, 1.54) is 6.07 Å². The van der Waals surface area contributed by atoms with Crippen molar-refractivity contribution in [2.24, 2.45) is 0 Å². The van der Waals surface area contributed by atoms with Gasteiger partial charge in [0, 0.05) is 6.07 Å². The topological polar surface area (TPSA) is 63.4 Å². The van der Waals surface area contributed by atoms with Gasteiger partial charge in [0.25, 0.3) is 0 Å². The number of phenols is 1. The van der Waals surface area contributed by atoms with Gasteiger partial charge in [-0.25, -0.2) is 0 Å². The largest absolute Gasteiger partial charge is 0.501 e. The molecule has 0 saturated heterocycles. The lowest BCUT2D eigenvalue weighted by Crippen LogP contribution is -1.89. The fraction of sp³-hybridized carbons (Fsp3) is 0. The summed E-state index contributed by atoms with van der Waals surface area (Å²) in [5.41, 5.74) is -0.308. The Bertz CT molecular complexity index is 300. The third kappa shape index (κ3) is 1.59. The predicted molar refractivity (Wildman–Crippen MR) is 46.3 cm³/mol. The van der Waals surface area contributed by atoms with E-state index >= 15 is 0 Å². The average Bonchev–Trinajstić information content (AvgIpc) is 1.94. The molecular weight excluding hydrogens is 261 g/mol. The number of nitrogens with zero attached hydrogens (tertiary/aromatic N) is 1. The second kappa shape index (κ2) is 3.04. The van der Waals surface area contributed by atoms with Crippen LogP contribution in [-0.4, -0.2) is 10.0 Å². The van der Waals surface area contributed by atoms with Gasteiger partial charge in [-0.3, -0.25) is 10.1 Å². The molecule has 0 saturated carbocycles. The molecule has 1 radical (unpaired) electrons. The van der Waals surface area contributed by atoms with Gasteiger partial charge >= 0.3 is 5.69 Å². The molecule has 1 rings (SSSR count). The molecule has 0 fully saturated rings. The molecule has 0 aromatic heterocycles. The molecule has 0 amide bonds. The molecular formula is C6H3INO3. The summed E-state index contributed by atoms with van der Waals surface area (Å²) in [6.07, 6.45) is 0. The van der Waals surface area contributed by atoms with E-state index in [0.717, 1.165) is 6.07 Å². The molecule has 0 heterocycles. The van der Waals surface area contributed by atoms with E-state index in [0.29, 0.717) is 3.57 Å². The number of rotatable bonds is 1. The van der Waals surface area contributed by atoms with Gasteiger partial charge in [-0.15, -0.1) is 0 Å². The van der Waals surface area contributed by atoms with E-state index in [2.05, 4.69) is 6.07 Å². The Morgan fingerprint density at radius 2 is 2.27 bits per heavy atom. The van der Waals surface area contributed by atoms with Crippen molar-refractivity contribution in [3.63, 3.8) is 0 Å². The van der Waals surface area contributed by atoms with Crippen molar-refractivity contribution >= 4 is 28.3 Å². The van der Waals surface area contributed by atoms with Crippen molar-refractivity contribution in [3.8, 4) is 5.75 Å². The Labute approximate surface area is 76.1 Å². The first-order valence-electron chi connectivity index (χ1n) is 2.66. The van der Waals surface area contributed by atoms with Crippen LogP contribution < -0.4 is 0 Å². The molecule has 5 heteroatoms. The Morgan fingerprint density at radius 3 is 2.73 bits per heavy atom. The van der Waals surface area contributed by atoms with Gasteiger partial charge in [0.1, 0.15) is 0 Å². The third-order valence-corrected chi connectivity index (χ3v) is 1.92. The molecule has 0 aliphatic carbocycles. The van der Waals surface area contributed by atoms with Gasteiger partial charge in [-0.05, 0) is 34.7 Å². The summed E-state index contributed by atoms with van der Waals surface area (Å²) in [5.74, 6) is -0.297. The van der Waals surface area contributed by atoms with Gasteiger partial charge in [0.2, 0.25) is 5.75 Å². The van der Waals surface area contributed by atoms with Crippen LogP contribution in [0.1, 0.15) is 0 Å². The minimum absolute atomic E-state index is 0.297. The SMILES string of the molecule is O=[N+]([O-])c1c[c]cc(I)c1O. The standard InChI is InChI=1S/C6H3INO3/c7-4-2-1-3-5(6(4)9)8(10)11/h2-3,9H. The van der Waals surface area contributed by atoms with Crippen LogP contribution in [0.5, 0.6) is 5.75 Å². The fourth-order valence-electron chi connectivity index (χ4n) is 0.592. The smallest absolute Gasteiger partial charge is 0.312 e. The number of halogens is 1. The first kappa shape index (κ1) is 8.25. The quantitative estimate of drug-likeness (QED) is 0.477. The van der Waals surface area contributed by atoms with Gasteiger partial charge in [-0.1, -0.05) is 0 Å². The zero-order chi connectivity index (χ0) is 8.43. The van der Waals surface area contributed by atoms with Gasteiger partial charge in [-0.2, -0.15) is 0 Å². The maximum atomic E-state index is 10.2. The minimum atomic E-state index is -0.645. The molecule has 0 aliphatic heterocycles. The summed E-state index contributed by atoms with van der Waals surface area (Å²) in [4.78, 5) is 9.55. The van der Waals surface area contributed by atoms with E-state index < -0.39 is 4.92 Å². The average molecular weight is 264 g/mol. The lowest BCUT2D eigenvalue weighted by Gasteiger charge is -1.95. The molecule has 57 valence electrons. The summed E-state index contributed by atoms with van der Waals surface area (Å²) in [7, 11) is 0. The molecule has 0 unspecified atom stereocenters. The van der Waals surface area contributed by atoms with Gasteiger partial charge in [0.15, 0.2) is 0 Å². The number of aromatic hydroxyl groups is 1. The van der Waals surface area contributed by atoms with E-state index in [-0.39, 0.29) is 11.4 Å². The minimum Gasteiger partial charge on any atom is -0.501 e. The third-order valence-electron chi connectivity index (χ3n) is 1.10.